The first-order valence-electron chi connectivity index (χ1n) is 8.96. The smallest absolute Gasteiger partial charge is 0.338 e. The van der Waals surface area contributed by atoms with Crippen LogP contribution in [0, 0.1) is 0 Å². The van der Waals surface area contributed by atoms with Crippen molar-refractivity contribution in [2.45, 2.75) is 56.0 Å². The van der Waals surface area contributed by atoms with Crippen LogP contribution in [0.3, 0.4) is 0 Å². The lowest BCUT2D eigenvalue weighted by Gasteiger charge is -2.32. The van der Waals surface area contributed by atoms with Crippen molar-refractivity contribution in [2.24, 2.45) is 0 Å². The van der Waals surface area contributed by atoms with E-state index < -0.39 is 16.0 Å². The van der Waals surface area contributed by atoms with Crippen molar-refractivity contribution < 1.29 is 22.7 Å². The Kier molecular flexibility index (Phi) is 5.62. The van der Waals surface area contributed by atoms with Crippen molar-refractivity contribution >= 4 is 21.9 Å². The van der Waals surface area contributed by atoms with Crippen LogP contribution in [0.2, 0.25) is 0 Å². The third-order valence-electron chi connectivity index (χ3n) is 4.70. The lowest BCUT2D eigenvalue weighted by atomic mass is 10.1. The number of carbonyl (C=O) groups is 2. The Morgan fingerprint density at radius 2 is 2.00 bits per heavy atom. The molecule has 0 unspecified atom stereocenters. The molecule has 0 aromatic heterocycles. The lowest BCUT2D eigenvalue weighted by Crippen LogP contribution is -2.41. The van der Waals surface area contributed by atoms with Gasteiger partial charge in [-0.1, -0.05) is 12.5 Å². The highest BCUT2D eigenvalue weighted by Crippen LogP contribution is 2.25. The fraction of sp³-hybridized carbons (Fsp3) is 0.556. The number of hydrogen-bond acceptors (Lipinski definition) is 5. The van der Waals surface area contributed by atoms with E-state index in [2.05, 4.69) is 5.32 Å². The van der Waals surface area contributed by atoms with Gasteiger partial charge in [0, 0.05) is 18.6 Å². The maximum Gasteiger partial charge on any atom is 0.338 e. The molecule has 26 heavy (non-hydrogen) atoms. The molecule has 2 fully saturated rings. The number of sulfonamides is 1. The number of ether oxygens (including phenoxy) is 1. The van der Waals surface area contributed by atoms with E-state index in [1.807, 2.05) is 6.92 Å². The summed E-state index contributed by atoms with van der Waals surface area (Å²) in [5, 5.41) is 2.73. The SMILES string of the molecule is C[C@H]1CCCCN1S(=O)(=O)c1cccc(C(=O)OCC(=O)NC2CC2)c1. The van der Waals surface area contributed by atoms with E-state index in [0.29, 0.717) is 6.54 Å². The van der Waals surface area contributed by atoms with Gasteiger partial charge in [0.25, 0.3) is 5.91 Å². The Bertz CT molecular complexity index is 789. The topological polar surface area (TPSA) is 92.8 Å². The van der Waals surface area contributed by atoms with Gasteiger partial charge < -0.3 is 10.1 Å². The summed E-state index contributed by atoms with van der Waals surface area (Å²) < 4.78 is 32.2. The second-order valence-electron chi connectivity index (χ2n) is 6.91. The van der Waals surface area contributed by atoms with Crippen molar-refractivity contribution in [3.63, 3.8) is 0 Å². The maximum atomic E-state index is 12.9. The maximum absolute atomic E-state index is 12.9. The number of nitrogens with one attached hydrogen (secondary N) is 1. The van der Waals surface area contributed by atoms with E-state index >= 15 is 0 Å². The molecule has 1 N–H and O–H groups in total. The van der Waals surface area contributed by atoms with Gasteiger partial charge in [-0.25, -0.2) is 13.2 Å². The number of nitrogens with zero attached hydrogens (tertiary/aromatic N) is 1. The molecule has 0 spiro atoms. The number of hydrogen-bond donors (Lipinski definition) is 1. The Labute approximate surface area is 153 Å². The van der Waals surface area contributed by atoms with Gasteiger partial charge in [-0.15, -0.1) is 0 Å². The van der Waals surface area contributed by atoms with Crippen LogP contribution in [0.25, 0.3) is 0 Å². The van der Waals surface area contributed by atoms with Gasteiger partial charge in [0.05, 0.1) is 10.5 Å². The molecule has 1 saturated carbocycles. The summed E-state index contributed by atoms with van der Waals surface area (Å²) in [6.45, 7) is 2.02. The molecule has 1 heterocycles. The summed E-state index contributed by atoms with van der Waals surface area (Å²) in [4.78, 5) is 23.8. The molecule has 1 aliphatic heterocycles. The van der Waals surface area contributed by atoms with Gasteiger partial charge in [0.15, 0.2) is 6.61 Å². The normalized spacial score (nSPS) is 21.2. The quantitative estimate of drug-likeness (QED) is 0.758. The number of piperidine rings is 1. The van der Waals surface area contributed by atoms with Gasteiger partial charge >= 0.3 is 5.97 Å². The molecule has 1 saturated heterocycles. The van der Waals surface area contributed by atoms with Gasteiger partial charge in [-0.2, -0.15) is 4.31 Å². The summed E-state index contributed by atoms with van der Waals surface area (Å²) in [6, 6.07) is 5.93. The summed E-state index contributed by atoms with van der Waals surface area (Å²) in [7, 11) is -3.66. The summed E-state index contributed by atoms with van der Waals surface area (Å²) in [5.74, 6) is -1.05. The zero-order chi connectivity index (χ0) is 18.7. The Hall–Kier alpha value is -1.93. The van der Waals surface area contributed by atoms with E-state index in [1.54, 1.807) is 0 Å². The van der Waals surface area contributed by atoms with Crippen LogP contribution in [-0.2, 0) is 19.6 Å². The van der Waals surface area contributed by atoms with Crippen molar-refractivity contribution in [3.8, 4) is 0 Å². The number of esters is 1. The van der Waals surface area contributed by atoms with Crippen LogP contribution < -0.4 is 5.32 Å². The average molecular weight is 380 g/mol. The molecule has 7 nitrogen and oxygen atoms in total. The van der Waals surface area contributed by atoms with Gasteiger partial charge in [0.1, 0.15) is 0 Å². The first-order valence-corrected chi connectivity index (χ1v) is 10.4. The molecule has 1 aliphatic carbocycles. The van der Waals surface area contributed by atoms with Crippen molar-refractivity contribution in [1.29, 1.82) is 0 Å². The Morgan fingerprint density at radius 3 is 2.69 bits per heavy atom. The molecule has 0 bridgehead atoms. The first kappa shape index (κ1) is 18.8. The average Bonchev–Trinajstić information content (AvgIpc) is 3.44. The van der Waals surface area contributed by atoms with Crippen LogP contribution in [-0.4, -0.2) is 49.8 Å². The highest BCUT2D eigenvalue weighted by atomic mass is 32.2. The third-order valence-corrected chi connectivity index (χ3v) is 6.70. The van der Waals surface area contributed by atoms with Gasteiger partial charge in [0.2, 0.25) is 10.0 Å². The van der Waals surface area contributed by atoms with E-state index in [4.69, 9.17) is 4.74 Å². The molecule has 8 heteroatoms. The van der Waals surface area contributed by atoms with Gasteiger partial charge in [-0.05, 0) is 50.8 Å². The van der Waals surface area contributed by atoms with E-state index in [0.717, 1.165) is 32.1 Å². The minimum absolute atomic E-state index is 0.0597. The lowest BCUT2D eigenvalue weighted by molar-refractivity contribution is -0.124. The standard InChI is InChI=1S/C18H24N2O5S/c1-13-5-2-3-10-20(13)26(23,24)16-7-4-6-14(11-16)18(22)25-12-17(21)19-15-8-9-15/h4,6-7,11,13,15H,2-3,5,8-10,12H2,1H3,(H,19,21)/t13-/m0/s1. The van der Waals surface area contributed by atoms with Crippen molar-refractivity contribution in [1.82, 2.24) is 9.62 Å². The Balaban J connectivity index is 1.68. The summed E-state index contributed by atoms with van der Waals surface area (Å²) in [5.41, 5.74) is 0.120. The van der Waals surface area contributed by atoms with Crippen molar-refractivity contribution in [2.75, 3.05) is 13.2 Å². The molecule has 1 aromatic carbocycles. The largest absolute Gasteiger partial charge is 0.452 e. The zero-order valence-corrected chi connectivity index (χ0v) is 15.6. The molecule has 0 radical (unpaired) electrons. The van der Waals surface area contributed by atoms with Crippen molar-refractivity contribution in [3.05, 3.63) is 29.8 Å². The molecule has 142 valence electrons. The molecular weight excluding hydrogens is 356 g/mol. The summed E-state index contributed by atoms with van der Waals surface area (Å²) in [6.07, 6.45) is 4.59. The highest BCUT2D eigenvalue weighted by Gasteiger charge is 2.31. The Morgan fingerprint density at radius 1 is 1.23 bits per heavy atom. The van der Waals surface area contributed by atoms with Crippen LogP contribution in [0.4, 0.5) is 0 Å². The van der Waals surface area contributed by atoms with E-state index in [-0.39, 0.29) is 35.1 Å². The molecule has 1 amide bonds. The fourth-order valence-corrected chi connectivity index (χ4v) is 4.81. The molecule has 3 rings (SSSR count). The second-order valence-corrected chi connectivity index (χ2v) is 8.80. The number of rotatable bonds is 6. The monoisotopic (exact) mass is 380 g/mol. The molecular formula is C18H24N2O5S. The number of benzene rings is 1. The summed E-state index contributed by atoms with van der Waals surface area (Å²) >= 11 is 0. The predicted octanol–water partition coefficient (Wildman–Crippen LogP) is 1.69. The fourth-order valence-electron chi connectivity index (χ4n) is 3.06. The van der Waals surface area contributed by atoms with Crippen LogP contribution in [0.5, 0.6) is 0 Å². The second kappa shape index (κ2) is 7.75. The molecule has 1 aromatic rings. The van der Waals surface area contributed by atoms with Crippen LogP contribution in [0.1, 0.15) is 49.4 Å². The highest BCUT2D eigenvalue weighted by molar-refractivity contribution is 7.89. The number of amides is 1. The minimum Gasteiger partial charge on any atom is -0.452 e. The van der Waals surface area contributed by atoms with Crippen LogP contribution in [0.15, 0.2) is 29.2 Å². The molecule has 1 atom stereocenters. The minimum atomic E-state index is -3.66. The van der Waals surface area contributed by atoms with Crippen LogP contribution >= 0.6 is 0 Å². The van der Waals surface area contributed by atoms with E-state index in [9.17, 15) is 18.0 Å². The predicted molar refractivity (Wildman–Crippen MR) is 95.1 cm³/mol. The zero-order valence-electron chi connectivity index (χ0n) is 14.8. The first-order chi connectivity index (χ1) is 12.4. The number of carbonyl (C=O) groups excluding carboxylic acids is 2. The molecule has 2 aliphatic rings. The third kappa shape index (κ3) is 4.42. The van der Waals surface area contributed by atoms with Gasteiger partial charge in [-0.3, -0.25) is 4.79 Å². The van der Waals surface area contributed by atoms with E-state index in [1.165, 1.54) is 28.6 Å².